The molecule has 0 saturated heterocycles. The predicted molar refractivity (Wildman–Crippen MR) is 79.8 cm³/mol. The van der Waals surface area contributed by atoms with E-state index in [4.69, 9.17) is 11.6 Å². The molecule has 0 amide bonds. The summed E-state index contributed by atoms with van der Waals surface area (Å²) in [6.45, 7) is 1.91. The van der Waals surface area contributed by atoms with Crippen LogP contribution < -0.4 is 5.32 Å². The van der Waals surface area contributed by atoms with Gasteiger partial charge < -0.3 is 10.3 Å². The minimum Gasteiger partial charge on any atom is -0.343 e. The number of rotatable bonds is 1. The number of aromatic nitrogens is 2. The number of thiophene rings is 1. The summed E-state index contributed by atoms with van der Waals surface area (Å²) in [5.74, 6) is 0. The third-order valence-corrected chi connectivity index (χ3v) is 4.49. The zero-order chi connectivity index (χ0) is 12.8. The molecule has 0 radical (unpaired) electrons. The van der Waals surface area contributed by atoms with Crippen molar-refractivity contribution in [2.75, 3.05) is 6.54 Å². The molecule has 1 aliphatic rings. The number of pyridine rings is 1. The SMILES string of the molecule is Clc1cc(-c2ccsc2)c2c3c([nH]c2n1)CCNC3. The second-order valence-electron chi connectivity index (χ2n) is 4.74. The van der Waals surface area contributed by atoms with Gasteiger partial charge in [0.2, 0.25) is 0 Å². The number of hydrogen-bond donors (Lipinski definition) is 2. The third-order valence-electron chi connectivity index (χ3n) is 3.61. The number of nitrogens with one attached hydrogen (secondary N) is 2. The number of halogens is 1. The van der Waals surface area contributed by atoms with Crippen LogP contribution in [0.1, 0.15) is 11.3 Å². The molecule has 1 aliphatic heterocycles. The van der Waals surface area contributed by atoms with Gasteiger partial charge in [0.1, 0.15) is 10.8 Å². The molecule has 4 rings (SSSR count). The van der Waals surface area contributed by atoms with Crippen LogP contribution >= 0.6 is 22.9 Å². The fourth-order valence-electron chi connectivity index (χ4n) is 2.76. The zero-order valence-corrected chi connectivity index (χ0v) is 11.7. The molecular weight excluding hydrogens is 278 g/mol. The molecule has 0 bridgehead atoms. The Morgan fingerprint density at radius 1 is 1.37 bits per heavy atom. The van der Waals surface area contributed by atoms with E-state index in [1.807, 2.05) is 6.07 Å². The van der Waals surface area contributed by atoms with E-state index in [9.17, 15) is 0 Å². The van der Waals surface area contributed by atoms with Gasteiger partial charge in [-0.25, -0.2) is 4.98 Å². The van der Waals surface area contributed by atoms with Crippen LogP contribution in [0.2, 0.25) is 5.15 Å². The van der Waals surface area contributed by atoms with E-state index in [0.29, 0.717) is 5.15 Å². The van der Waals surface area contributed by atoms with E-state index in [1.54, 1.807) is 11.3 Å². The summed E-state index contributed by atoms with van der Waals surface area (Å²) < 4.78 is 0. The highest BCUT2D eigenvalue weighted by Gasteiger charge is 2.19. The van der Waals surface area contributed by atoms with Gasteiger partial charge in [-0.1, -0.05) is 11.6 Å². The second-order valence-corrected chi connectivity index (χ2v) is 5.90. The molecule has 96 valence electrons. The van der Waals surface area contributed by atoms with Crippen molar-refractivity contribution in [2.45, 2.75) is 13.0 Å². The number of aromatic amines is 1. The average molecular weight is 290 g/mol. The first-order valence-corrected chi connectivity index (χ1v) is 7.58. The van der Waals surface area contributed by atoms with Gasteiger partial charge in [0.25, 0.3) is 0 Å². The maximum absolute atomic E-state index is 6.16. The van der Waals surface area contributed by atoms with Crippen LogP contribution in [-0.4, -0.2) is 16.5 Å². The topological polar surface area (TPSA) is 40.7 Å². The molecule has 0 atom stereocenters. The maximum Gasteiger partial charge on any atom is 0.140 e. The van der Waals surface area contributed by atoms with Crippen LogP contribution in [0, 0.1) is 0 Å². The van der Waals surface area contributed by atoms with Crippen molar-refractivity contribution in [1.29, 1.82) is 0 Å². The van der Waals surface area contributed by atoms with Crippen LogP contribution in [0.15, 0.2) is 22.9 Å². The summed E-state index contributed by atoms with van der Waals surface area (Å²) >= 11 is 7.86. The molecule has 0 aliphatic carbocycles. The van der Waals surface area contributed by atoms with Crippen LogP contribution in [0.5, 0.6) is 0 Å². The molecular formula is C14H12ClN3S. The summed E-state index contributed by atoms with van der Waals surface area (Å²) in [5.41, 5.74) is 5.93. The minimum atomic E-state index is 0.542. The largest absolute Gasteiger partial charge is 0.343 e. The lowest BCUT2D eigenvalue weighted by Crippen LogP contribution is -2.22. The number of hydrogen-bond acceptors (Lipinski definition) is 3. The van der Waals surface area contributed by atoms with E-state index in [-0.39, 0.29) is 0 Å². The molecule has 4 heterocycles. The second kappa shape index (κ2) is 4.34. The summed E-state index contributed by atoms with van der Waals surface area (Å²) in [6.07, 6.45) is 1.02. The van der Waals surface area contributed by atoms with Gasteiger partial charge in [-0.2, -0.15) is 11.3 Å². The Bertz CT molecular complexity index is 746. The molecule has 19 heavy (non-hydrogen) atoms. The first-order chi connectivity index (χ1) is 9.33. The summed E-state index contributed by atoms with van der Waals surface area (Å²) in [6, 6.07) is 4.10. The van der Waals surface area contributed by atoms with Crippen molar-refractivity contribution < 1.29 is 0 Å². The monoisotopic (exact) mass is 289 g/mol. The van der Waals surface area contributed by atoms with Crippen molar-refractivity contribution in [2.24, 2.45) is 0 Å². The highest BCUT2D eigenvalue weighted by Crippen LogP contribution is 2.35. The van der Waals surface area contributed by atoms with E-state index in [1.165, 1.54) is 27.8 Å². The first-order valence-electron chi connectivity index (χ1n) is 6.26. The number of fused-ring (bicyclic) bond motifs is 3. The van der Waals surface area contributed by atoms with Crippen molar-refractivity contribution in [3.63, 3.8) is 0 Å². The molecule has 0 saturated carbocycles. The van der Waals surface area contributed by atoms with Crippen LogP contribution in [0.4, 0.5) is 0 Å². The van der Waals surface area contributed by atoms with Gasteiger partial charge in [0, 0.05) is 30.6 Å². The average Bonchev–Trinajstić information content (AvgIpc) is 3.04. The Morgan fingerprint density at radius 3 is 3.16 bits per heavy atom. The van der Waals surface area contributed by atoms with Crippen molar-refractivity contribution in [1.82, 2.24) is 15.3 Å². The molecule has 0 fully saturated rings. The Labute approximate surface area is 119 Å². The lowest BCUT2D eigenvalue weighted by molar-refractivity contribution is 0.641. The summed E-state index contributed by atoms with van der Waals surface area (Å²) in [7, 11) is 0. The Morgan fingerprint density at radius 2 is 2.32 bits per heavy atom. The van der Waals surface area contributed by atoms with Crippen LogP contribution in [-0.2, 0) is 13.0 Å². The summed E-state index contributed by atoms with van der Waals surface area (Å²) in [5, 5.41) is 9.43. The Hall–Kier alpha value is -1.36. The molecule has 2 N–H and O–H groups in total. The lowest BCUT2D eigenvalue weighted by Gasteiger charge is -2.13. The third kappa shape index (κ3) is 1.79. The van der Waals surface area contributed by atoms with Gasteiger partial charge in [0.05, 0.1) is 0 Å². The smallest absolute Gasteiger partial charge is 0.140 e. The fraction of sp³-hybridized carbons (Fsp3) is 0.214. The Kier molecular flexibility index (Phi) is 2.62. The van der Waals surface area contributed by atoms with Crippen molar-refractivity contribution in [3.8, 4) is 11.1 Å². The number of H-pyrrole nitrogens is 1. The lowest BCUT2D eigenvalue weighted by atomic mass is 10.0. The van der Waals surface area contributed by atoms with E-state index < -0.39 is 0 Å². The fourth-order valence-corrected chi connectivity index (χ4v) is 3.61. The summed E-state index contributed by atoms with van der Waals surface area (Å²) in [4.78, 5) is 7.86. The zero-order valence-electron chi connectivity index (χ0n) is 10.2. The van der Waals surface area contributed by atoms with Crippen molar-refractivity contribution in [3.05, 3.63) is 39.3 Å². The molecule has 0 aromatic carbocycles. The van der Waals surface area contributed by atoms with E-state index in [2.05, 4.69) is 32.1 Å². The maximum atomic E-state index is 6.16. The van der Waals surface area contributed by atoms with Crippen LogP contribution in [0.3, 0.4) is 0 Å². The van der Waals surface area contributed by atoms with Gasteiger partial charge in [-0.15, -0.1) is 0 Å². The van der Waals surface area contributed by atoms with E-state index >= 15 is 0 Å². The predicted octanol–water partition coefficient (Wildman–Crippen LogP) is 3.59. The van der Waals surface area contributed by atoms with Crippen LogP contribution in [0.25, 0.3) is 22.2 Å². The molecule has 0 unspecified atom stereocenters. The molecule has 3 aromatic heterocycles. The first kappa shape index (κ1) is 11.5. The van der Waals surface area contributed by atoms with Crippen molar-refractivity contribution >= 4 is 34.0 Å². The standard InChI is InChI=1S/C14H12ClN3S/c15-12-5-9(8-2-4-19-7-8)13-10-6-16-3-1-11(10)17-14(13)18-12/h2,4-5,7,16H,1,3,6H2,(H,17,18). The normalized spacial score (nSPS) is 14.8. The molecule has 3 aromatic rings. The molecule has 5 heteroatoms. The van der Waals surface area contributed by atoms with Gasteiger partial charge in [-0.3, -0.25) is 0 Å². The van der Waals surface area contributed by atoms with Gasteiger partial charge >= 0.3 is 0 Å². The van der Waals surface area contributed by atoms with E-state index in [0.717, 1.165) is 25.2 Å². The highest BCUT2D eigenvalue weighted by atomic mass is 35.5. The van der Waals surface area contributed by atoms with Gasteiger partial charge in [0.15, 0.2) is 0 Å². The quantitative estimate of drug-likeness (QED) is 0.672. The minimum absolute atomic E-state index is 0.542. The molecule has 0 spiro atoms. The molecule has 3 nitrogen and oxygen atoms in total. The number of nitrogens with zero attached hydrogens (tertiary/aromatic N) is 1. The Balaban J connectivity index is 2.08. The van der Waals surface area contributed by atoms with Gasteiger partial charge in [-0.05, 0) is 39.6 Å². The highest BCUT2D eigenvalue weighted by molar-refractivity contribution is 7.08.